The molecule has 46 heavy (non-hydrogen) atoms. The first-order valence-corrected chi connectivity index (χ1v) is 16.5. The van der Waals surface area contributed by atoms with E-state index >= 15 is 0 Å². The van der Waals surface area contributed by atoms with Gasteiger partial charge in [-0.1, -0.05) is 12.8 Å². The van der Waals surface area contributed by atoms with Gasteiger partial charge in [0.15, 0.2) is 0 Å². The number of hydrogen-bond donors (Lipinski definition) is 1. The fourth-order valence-corrected chi connectivity index (χ4v) is 6.58. The summed E-state index contributed by atoms with van der Waals surface area (Å²) in [6.45, 7) is 15.0. The van der Waals surface area contributed by atoms with Crippen LogP contribution in [0.3, 0.4) is 0 Å². The molecule has 3 aliphatic rings. The first-order chi connectivity index (χ1) is 22.1. The Hall–Kier alpha value is -4.19. The number of carbonyl (C=O) groups excluding carboxylic acids is 1. The lowest BCUT2D eigenvalue weighted by molar-refractivity contribution is 0.00876. The van der Waals surface area contributed by atoms with Gasteiger partial charge in [-0.25, -0.2) is 14.8 Å². The summed E-state index contributed by atoms with van der Waals surface area (Å²) in [6, 6.07) is 4.57. The third-order valence-electron chi connectivity index (χ3n) is 9.14. The number of amides is 1. The zero-order valence-electron chi connectivity index (χ0n) is 27.7. The lowest BCUT2D eigenvalue weighted by Gasteiger charge is -2.49. The predicted octanol–water partition coefficient (Wildman–Crippen LogP) is 5.10. The Balaban J connectivity index is 1.10. The SMILES string of the molecule is CCOC=Cc1c(C)c2cnc(Nc3ccc(N4CC(N5CCN(C(=O)OC(C)(C)C)CC5)C4)cn3)nc2n(C2CCCC2)c1=O. The summed E-state index contributed by atoms with van der Waals surface area (Å²) >= 11 is 0. The molecule has 0 aromatic carbocycles. The molecule has 1 amide bonds. The van der Waals surface area contributed by atoms with Gasteiger partial charge in [0.2, 0.25) is 5.95 Å². The molecule has 2 saturated heterocycles. The van der Waals surface area contributed by atoms with E-state index in [-0.39, 0.29) is 17.7 Å². The summed E-state index contributed by atoms with van der Waals surface area (Å²) in [4.78, 5) is 46.8. The van der Waals surface area contributed by atoms with Gasteiger partial charge in [0.05, 0.1) is 24.8 Å². The summed E-state index contributed by atoms with van der Waals surface area (Å²) in [5, 5.41) is 4.10. The largest absolute Gasteiger partial charge is 0.501 e. The van der Waals surface area contributed by atoms with Crippen LogP contribution in [0.15, 0.2) is 35.6 Å². The second-order valence-electron chi connectivity index (χ2n) is 13.4. The standard InChI is InChI=1S/C34H46N8O4/c1-6-45-18-13-27-23(2)28-20-36-32(38-30(28)42(31(27)43)24-9-7-8-10-24)37-29-12-11-25(19-35-29)41-21-26(22-41)39-14-16-40(17-15-39)33(44)46-34(3,4)5/h11-13,18-20,24,26H,6-10,14-17,21-22H2,1-5H3,(H,35,36,37,38). The Bertz CT molecular complexity index is 1630. The van der Waals surface area contributed by atoms with E-state index in [9.17, 15) is 9.59 Å². The van der Waals surface area contributed by atoms with E-state index in [1.165, 1.54) is 0 Å². The number of hydrogen-bond acceptors (Lipinski definition) is 10. The van der Waals surface area contributed by atoms with Crippen LogP contribution in [-0.4, -0.2) is 92.9 Å². The average Bonchev–Trinajstić information content (AvgIpc) is 3.53. The number of carbonyl (C=O) groups is 1. The minimum atomic E-state index is -0.477. The van der Waals surface area contributed by atoms with Crippen molar-refractivity contribution in [2.75, 3.05) is 56.1 Å². The molecule has 0 unspecified atom stereocenters. The maximum absolute atomic E-state index is 13.7. The van der Waals surface area contributed by atoms with Crippen LogP contribution in [0, 0.1) is 6.92 Å². The normalized spacial score (nSPS) is 18.4. The maximum Gasteiger partial charge on any atom is 0.410 e. The fraction of sp³-hybridized carbons (Fsp3) is 0.559. The highest BCUT2D eigenvalue weighted by molar-refractivity contribution is 5.83. The molecule has 3 fully saturated rings. The van der Waals surface area contributed by atoms with Crippen molar-refractivity contribution >= 4 is 40.7 Å². The van der Waals surface area contributed by atoms with Crippen molar-refractivity contribution in [3.8, 4) is 0 Å². The smallest absolute Gasteiger partial charge is 0.410 e. The molecule has 12 nitrogen and oxygen atoms in total. The van der Waals surface area contributed by atoms with Gasteiger partial charge < -0.3 is 24.6 Å². The molecule has 1 N–H and O–H groups in total. The Labute approximate surface area is 270 Å². The van der Waals surface area contributed by atoms with Gasteiger partial charge in [0, 0.05) is 68.5 Å². The molecule has 0 radical (unpaired) electrons. The molecule has 0 spiro atoms. The molecule has 3 aromatic rings. The Morgan fingerprint density at radius 2 is 1.78 bits per heavy atom. The molecule has 0 atom stereocenters. The van der Waals surface area contributed by atoms with Crippen LogP contribution in [0.1, 0.15) is 70.5 Å². The highest BCUT2D eigenvalue weighted by atomic mass is 16.6. The third-order valence-corrected chi connectivity index (χ3v) is 9.14. The highest BCUT2D eigenvalue weighted by Gasteiger charge is 2.35. The predicted molar refractivity (Wildman–Crippen MR) is 180 cm³/mol. The second kappa shape index (κ2) is 13.3. The minimum Gasteiger partial charge on any atom is -0.501 e. The topological polar surface area (TPSA) is 118 Å². The average molecular weight is 631 g/mol. The van der Waals surface area contributed by atoms with E-state index in [0.717, 1.165) is 68.5 Å². The van der Waals surface area contributed by atoms with Gasteiger partial charge in [0.25, 0.3) is 5.56 Å². The van der Waals surface area contributed by atoms with Gasteiger partial charge in [-0.2, -0.15) is 4.98 Å². The van der Waals surface area contributed by atoms with Crippen molar-refractivity contribution in [2.24, 2.45) is 0 Å². The van der Waals surface area contributed by atoms with Crippen LogP contribution in [0.5, 0.6) is 0 Å². The van der Waals surface area contributed by atoms with Crippen LogP contribution in [0.2, 0.25) is 0 Å². The van der Waals surface area contributed by atoms with Crippen LogP contribution in [0.4, 0.5) is 22.2 Å². The van der Waals surface area contributed by atoms with Crippen LogP contribution in [0.25, 0.3) is 17.1 Å². The van der Waals surface area contributed by atoms with E-state index in [0.29, 0.717) is 48.7 Å². The van der Waals surface area contributed by atoms with Crippen molar-refractivity contribution in [1.82, 2.24) is 29.3 Å². The monoisotopic (exact) mass is 630 g/mol. The molecule has 1 aliphatic carbocycles. The van der Waals surface area contributed by atoms with Crippen LogP contribution in [-0.2, 0) is 9.47 Å². The number of fused-ring (bicyclic) bond motifs is 1. The van der Waals surface area contributed by atoms with E-state index in [4.69, 9.17) is 14.5 Å². The molecule has 2 aliphatic heterocycles. The summed E-state index contributed by atoms with van der Waals surface area (Å²) < 4.78 is 12.8. The van der Waals surface area contributed by atoms with E-state index in [2.05, 4.69) is 31.2 Å². The van der Waals surface area contributed by atoms with Gasteiger partial charge in [-0.3, -0.25) is 14.3 Å². The summed E-state index contributed by atoms with van der Waals surface area (Å²) in [5.41, 5.74) is 2.65. The van der Waals surface area contributed by atoms with E-state index in [1.807, 2.05) is 51.4 Å². The quantitative estimate of drug-likeness (QED) is 0.337. The molecule has 0 bridgehead atoms. The van der Waals surface area contributed by atoms with Gasteiger partial charge in [-0.05, 0) is 71.2 Å². The number of piperazine rings is 1. The molecule has 5 heterocycles. The zero-order valence-corrected chi connectivity index (χ0v) is 27.7. The van der Waals surface area contributed by atoms with Crippen LogP contribution < -0.4 is 15.8 Å². The Morgan fingerprint density at radius 3 is 2.43 bits per heavy atom. The number of nitrogens with zero attached hydrogens (tertiary/aromatic N) is 7. The summed E-state index contributed by atoms with van der Waals surface area (Å²) in [6.07, 6.45) is 10.9. The van der Waals surface area contributed by atoms with Crippen molar-refractivity contribution in [3.05, 3.63) is 52.3 Å². The molecule has 6 rings (SSSR count). The maximum atomic E-state index is 13.7. The van der Waals surface area contributed by atoms with E-state index < -0.39 is 5.60 Å². The fourth-order valence-electron chi connectivity index (χ4n) is 6.58. The zero-order chi connectivity index (χ0) is 32.4. The number of anilines is 3. The first-order valence-electron chi connectivity index (χ1n) is 16.5. The van der Waals surface area contributed by atoms with Crippen LogP contribution >= 0.6 is 0 Å². The molecule has 3 aromatic heterocycles. The molecular weight excluding hydrogens is 584 g/mol. The lowest BCUT2D eigenvalue weighted by Crippen LogP contribution is -2.63. The highest BCUT2D eigenvalue weighted by Crippen LogP contribution is 2.32. The number of aryl methyl sites for hydroxylation is 1. The number of aromatic nitrogens is 4. The first kappa shape index (κ1) is 31.8. The van der Waals surface area contributed by atoms with Crippen molar-refractivity contribution in [2.45, 2.75) is 78.0 Å². The third kappa shape index (κ3) is 6.81. The Morgan fingerprint density at radius 1 is 1.04 bits per heavy atom. The number of ether oxygens (including phenoxy) is 2. The van der Waals surface area contributed by atoms with Gasteiger partial charge in [-0.15, -0.1) is 0 Å². The number of pyridine rings is 2. The number of nitrogens with one attached hydrogen (secondary N) is 1. The number of rotatable bonds is 8. The molecule has 1 saturated carbocycles. The lowest BCUT2D eigenvalue weighted by atomic mass is 10.1. The molecule has 12 heteroatoms. The van der Waals surface area contributed by atoms with Crippen molar-refractivity contribution in [1.29, 1.82) is 0 Å². The minimum absolute atomic E-state index is 0.0437. The molecular formula is C34H46N8O4. The Kier molecular flexibility index (Phi) is 9.17. The van der Waals surface area contributed by atoms with Gasteiger partial charge >= 0.3 is 6.09 Å². The summed E-state index contributed by atoms with van der Waals surface area (Å²) in [5.74, 6) is 1.05. The second-order valence-corrected chi connectivity index (χ2v) is 13.4. The molecule has 246 valence electrons. The van der Waals surface area contributed by atoms with E-state index in [1.54, 1.807) is 23.4 Å². The summed E-state index contributed by atoms with van der Waals surface area (Å²) in [7, 11) is 0. The van der Waals surface area contributed by atoms with Crippen molar-refractivity contribution < 1.29 is 14.3 Å². The van der Waals surface area contributed by atoms with Gasteiger partial charge in [0.1, 0.15) is 17.1 Å². The van der Waals surface area contributed by atoms with Crippen molar-refractivity contribution in [3.63, 3.8) is 0 Å².